The summed E-state index contributed by atoms with van der Waals surface area (Å²) in [6.07, 6.45) is 11.1. The molecule has 0 bridgehead atoms. The number of aliphatic hydroxyl groups is 2. The summed E-state index contributed by atoms with van der Waals surface area (Å²) in [7, 11) is 0. The third kappa shape index (κ3) is 3.51. The Bertz CT molecular complexity index is 833. The molecule has 4 aliphatic carbocycles. The first-order chi connectivity index (χ1) is 14.5. The van der Waals surface area contributed by atoms with E-state index in [9.17, 15) is 15.0 Å². The standard InChI is InChI=1S/C28H42O3/c1-16(2)17(3)25(30)26(31)18(4)22-9-10-23-21-8-7-19-15-20(29)11-13-27(19,5)24(21)12-14-28(22,23)6/h7-8,15-18,22,24-26,30-31H,9-14H2,1-6H3/t17-,18+,22-,24+,25?,26?,27+,28-/m1/s1. The topological polar surface area (TPSA) is 57.5 Å². The minimum atomic E-state index is -0.681. The summed E-state index contributed by atoms with van der Waals surface area (Å²) in [5, 5.41) is 21.9. The van der Waals surface area contributed by atoms with Crippen LogP contribution in [0.5, 0.6) is 0 Å². The quantitative estimate of drug-likeness (QED) is 0.599. The number of hydrogen-bond acceptors (Lipinski definition) is 3. The molecule has 0 aliphatic heterocycles. The molecule has 172 valence electrons. The van der Waals surface area contributed by atoms with Crippen molar-refractivity contribution < 1.29 is 15.0 Å². The summed E-state index contributed by atoms with van der Waals surface area (Å²) in [6, 6.07) is 0. The molecular weight excluding hydrogens is 384 g/mol. The maximum atomic E-state index is 12.0. The Balaban J connectivity index is 1.64. The molecule has 4 aliphatic rings. The third-order valence-corrected chi connectivity index (χ3v) is 10.1. The molecule has 3 heteroatoms. The summed E-state index contributed by atoms with van der Waals surface area (Å²) in [6.45, 7) is 13.2. The average Bonchev–Trinajstić information content (AvgIpc) is 3.09. The van der Waals surface area contributed by atoms with Gasteiger partial charge in [0.05, 0.1) is 12.2 Å². The molecule has 1 fully saturated rings. The molecule has 0 amide bonds. The lowest BCUT2D eigenvalue weighted by molar-refractivity contribution is -0.116. The van der Waals surface area contributed by atoms with Gasteiger partial charge in [-0.1, -0.05) is 59.3 Å². The summed E-state index contributed by atoms with van der Waals surface area (Å²) in [5.74, 6) is 1.67. The van der Waals surface area contributed by atoms with Gasteiger partial charge in [-0.2, -0.15) is 0 Å². The first-order valence-corrected chi connectivity index (χ1v) is 12.5. The molecular formula is C28H42O3. The Morgan fingerprint density at radius 2 is 1.65 bits per heavy atom. The van der Waals surface area contributed by atoms with Gasteiger partial charge in [0.2, 0.25) is 0 Å². The molecule has 0 radical (unpaired) electrons. The van der Waals surface area contributed by atoms with E-state index in [2.05, 4.69) is 46.8 Å². The second-order valence-electron chi connectivity index (χ2n) is 11.8. The number of allylic oxidation sites excluding steroid dienone is 6. The molecule has 0 aromatic carbocycles. The number of carbonyl (C=O) groups is 1. The highest BCUT2D eigenvalue weighted by Gasteiger charge is 2.54. The van der Waals surface area contributed by atoms with Crippen LogP contribution in [-0.2, 0) is 4.79 Å². The van der Waals surface area contributed by atoms with E-state index in [1.807, 2.05) is 13.0 Å². The van der Waals surface area contributed by atoms with E-state index in [1.54, 1.807) is 5.57 Å². The fourth-order valence-electron chi connectivity index (χ4n) is 7.46. The first-order valence-electron chi connectivity index (χ1n) is 12.5. The lowest BCUT2D eigenvalue weighted by Crippen LogP contribution is -2.46. The normalized spacial score (nSPS) is 38.9. The molecule has 2 N–H and O–H groups in total. The number of rotatable bonds is 5. The summed E-state index contributed by atoms with van der Waals surface area (Å²) >= 11 is 0. The van der Waals surface area contributed by atoms with Crippen LogP contribution in [0.15, 0.2) is 34.9 Å². The van der Waals surface area contributed by atoms with Crippen molar-refractivity contribution in [3.05, 3.63) is 34.9 Å². The van der Waals surface area contributed by atoms with Crippen LogP contribution in [0, 0.1) is 40.4 Å². The second-order valence-corrected chi connectivity index (χ2v) is 11.8. The monoisotopic (exact) mass is 426 g/mol. The van der Waals surface area contributed by atoms with Crippen molar-refractivity contribution in [3.8, 4) is 0 Å². The van der Waals surface area contributed by atoms with Crippen LogP contribution in [0.25, 0.3) is 0 Å². The largest absolute Gasteiger partial charge is 0.390 e. The molecule has 2 unspecified atom stereocenters. The van der Waals surface area contributed by atoms with Gasteiger partial charge in [0.25, 0.3) is 0 Å². The number of aliphatic hydroxyl groups excluding tert-OH is 2. The van der Waals surface area contributed by atoms with E-state index in [4.69, 9.17) is 0 Å². The van der Waals surface area contributed by atoms with E-state index in [0.717, 1.165) is 32.1 Å². The van der Waals surface area contributed by atoms with Gasteiger partial charge < -0.3 is 10.2 Å². The minimum absolute atomic E-state index is 0.0711. The Kier molecular flexibility index (Phi) is 5.92. The zero-order chi connectivity index (χ0) is 22.7. The molecule has 0 heterocycles. The van der Waals surface area contributed by atoms with Crippen LogP contribution in [0.3, 0.4) is 0 Å². The van der Waals surface area contributed by atoms with Gasteiger partial charge in [-0.05, 0) is 89.7 Å². The number of hydrogen-bond donors (Lipinski definition) is 2. The van der Waals surface area contributed by atoms with Crippen LogP contribution in [-0.4, -0.2) is 28.2 Å². The smallest absolute Gasteiger partial charge is 0.156 e. The lowest BCUT2D eigenvalue weighted by Gasteiger charge is -2.51. The van der Waals surface area contributed by atoms with Crippen molar-refractivity contribution in [2.24, 2.45) is 40.4 Å². The van der Waals surface area contributed by atoms with Gasteiger partial charge in [0.1, 0.15) is 0 Å². The SMILES string of the molecule is CC(C)[C@@H](C)C(O)C(O)[C@@H](C)[C@H]1CCC2=C3C=CC4=CC(=O)CC[C@]4(C)[C@H]3CC[C@@]21C. The van der Waals surface area contributed by atoms with E-state index in [0.29, 0.717) is 24.2 Å². The van der Waals surface area contributed by atoms with Gasteiger partial charge >= 0.3 is 0 Å². The Morgan fingerprint density at radius 1 is 0.935 bits per heavy atom. The van der Waals surface area contributed by atoms with Gasteiger partial charge in [-0.25, -0.2) is 0 Å². The van der Waals surface area contributed by atoms with Gasteiger partial charge in [0, 0.05) is 6.42 Å². The number of fused-ring (bicyclic) bond motifs is 4. The van der Waals surface area contributed by atoms with Crippen molar-refractivity contribution in [3.63, 3.8) is 0 Å². The Hall–Kier alpha value is -1.19. The molecule has 1 saturated carbocycles. The summed E-state index contributed by atoms with van der Waals surface area (Å²) < 4.78 is 0. The predicted molar refractivity (Wildman–Crippen MR) is 125 cm³/mol. The number of ketones is 1. The van der Waals surface area contributed by atoms with Crippen LogP contribution in [0.4, 0.5) is 0 Å². The predicted octanol–water partition coefficient (Wildman–Crippen LogP) is 5.62. The van der Waals surface area contributed by atoms with E-state index in [1.165, 1.54) is 11.1 Å². The van der Waals surface area contributed by atoms with Crippen molar-refractivity contribution >= 4 is 5.78 Å². The van der Waals surface area contributed by atoms with Crippen molar-refractivity contribution in [2.45, 2.75) is 92.3 Å². The molecule has 8 atom stereocenters. The molecule has 3 nitrogen and oxygen atoms in total. The highest BCUT2D eigenvalue weighted by Crippen LogP contribution is 2.63. The second kappa shape index (κ2) is 7.99. The van der Waals surface area contributed by atoms with Crippen molar-refractivity contribution in [2.75, 3.05) is 0 Å². The van der Waals surface area contributed by atoms with Crippen LogP contribution < -0.4 is 0 Å². The fourth-order valence-corrected chi connectivity index (χ4v) is 7.46. The Labute approximate surface area is 188 Å². The summed E-state index contributed by atoms with van der Waals surface area (Å²) in [4.78, 5) is 12.0. The van der Waals surface area contributed by atoms with Crippen LogP contribution in [0.2, 0.25) is 0 Å². The van der Waals surface area contributed by atoms with Crippen LogP contribution >= 0.6 is 0 Å². The average molecular weight is 427 g/mol. The van der Waals surface area contributed by atoms with Gasteiger partial charge in [0.15, 0.2) is 5.78 Å². The summed E-state index contributed by atoms with van der Waals surface area (Å²) in [5.41, 5.74) is 4.51. The highest BCUT2D eigenvalue weighted by atomic mass is 16.3. The van der Waals surface area contributed by atoms with E-state index < -0.39 is 12.2 Å². The van der Waals surface area contributed by atoms with Gasteiger partial charge in [-0.15, -0.1) is 0 Å². The maximum absolute atomic E-state index is 12.0. The third-order valence-electron chi connectivity index (χ3n) is 10.1. The molecule has 31 heavy (non-hydrogen) atoms. The Morgan fingerprint density at radius 3 is 2.32 bits per heavy atom. The van der Waals surface area contributed by atoms with Crippen LogP contribution in [0.1, 0.15) is 80.1 Å². The van der Waals surface area contributed by atoms with Gasteiger partial charge in [-0.3, -0.25) is 4.79 Å². The molecule has 0 aromatic rings. The number of carbonyl (C=O) groups excluding carboxylic acids is 1. The molecule has 0 saturated heterocycles. The maximum Gasteiger partial charge on any atom is 0.156 e. The minimum Gasteiger partial charge on any atom is -0.390 e. The zero-order valence-corrected chi connectivity index (χ0v) is 20.3. The fraction of sp³-hybridized carbons (Fsp3) is 0.750. The van der Waals surface area contributed by atoms with E-state index in [-0.39, 0.29) is 28.4 Å². The van der Waals surface area contributed by atoms with E-state index >= 15 is 0 Å². The lowest BCUT2D eigenvalue weighted by atomic mass is 9.53. The van der Waals surface area contributed by atoms with Crippen molar-refractivity contribution in [1.29, 1.82) is 0 Å². The molecule has 0 spiro atoms. The molecule has 4 rings (SSSR count). The first kappa shape index (κ1) is 23.0. The highest BCUT2D eigenvalue weighted by molar-refractivity contribution is 5.92. The molecule has 0 aromatic heterocycles. The zero-order valence-electron chi connectivity index (χ0n) is 20.3. The van der Waals surface area contributed by atoms with Crippen molar-refractivity contribution in [1.82, 2.24) is 0 Å².